The fraction of sp³-hybridized carbons (Fsp3) is 0.167. The van der Waals surface area contributed by atoms with Gasteiger partial charge in [-0.25, -0.2) is 0 Å². The number of nitrogens with one attached hydrogen (secondary N) is 1. The maximum Gasteiger partial charge on any atom is 0.189 e. The van der Waals surface area contributed by atoms with Gasteiger partial charge in [-0.15, -0.1) is 17.0 Å². The Morgan fingerprint density at radius 2 is 1.47 bits per heavy atom. The van der Waals surface area contributed by atoms with Gasteiger partial charge in [-0.2, -0.15) is 0 Å². The SMILES string of the molecule is Br.COc1ccc(C(=O)C(c2ccc(OC)cc2)N2Cc3ccccc3C2=N)cc1. The number of carbonyl (C=O) groups excluding carboxylic acids is 1. The molecule has 0 spiro atoms. The Morgan fingerprint density at radius 3 is 2.03 bits per heavy atom. The lowest BCUT2D eigenvalue weighted by Crippen LogP contribution is -2.34. The Kier molecular flexibility index (Phi) is 6.57. The molecular weight excluding hydrogens is 444 g/mol. The Labute approximate surface area is 186 Å². The summed E-state index contributed by atoms with van der Waals surface area (Å²) in [4.78, 5) is 15.4. The molecule has 1 aliphatic rings. The van der Waals surface area contributed by atoms with E-state index in [0.29, 0.717) is 23.7 Å². The van der Waals surface area contributed by atoms with Crippen molar-refractivity contribution >= 4 is 28.6 Å². The van der Waals surface area contributed by atoms with E-state index in [9.17, 15) is 4.79 Å². The minimum Gasteiger partial charge on any atom is -0.497 e. The second kappa shape index (κ2) is 9.13. The van der Waals surface area contributed by atoms with Crippen molar-refractivity contribution < 1.29 is 14.3 Å². The lowest BCUT2D eigenvalue weighted by Gasteiger charge is -2.29. The molecule has 4 rings (SSSR count). The van der Waals surface area contributed by atoms with Crippen LogP contribution in [-0.2, 0) is 6.54 Å². The van der Waals surface area contributed by atoms with Gasteiger partial charge in [-0.1, -0.05) is 36.4 Å². The van der Waals surface area contributed by atoms with Gasteiger partial charge in [0.25, 0.3) is 0 Å². The number of amidine groups is 1. The van der Waals surface area contributed by atoms with Crippen LogP contribution < -0.4 is 9.47 Å². The topological polar surface area (TPSA) is 62.6 Å². The third-order valence-corrected chi connectivity index (χ3v) is 5.27. The van der Waals surface area contributed by atoms with Crippen molar-refractivity contribution in [3.8, 4) is 11.5 Å². The molecule has 0 aliphatic carbocycles. The first-order valence-electron chi connectivity index (χ1n) is 9.38. The molecule has 3 aromatic rings. The molecule has 1 aliphatic heterocycles. The van der Waals surface area contributed by atoms with Gasteiger partial charge in [0.15, 0.2) is 5.78 Å². The third-order valence-electron chi connectivity index (χ3n) is 5.27. The van der Waals surface area contributed by atoms with E-state index < -0.39 is 6.04 Å². The van der Waals surface area contributed by atoms with E-state index in [-0.39, 0.29) is 22.8 Å². The van der Waals surface area contributed by atoms with Crippen LogP contribution in [0.3, 0.4) is 0 Å². The highest BCUT2D eigenvalue weighted by Crippen LogP contribution is 2.34. The van der Waals surface area contributed by atoms with Gasteiger partial charge in [-0.05, 0) is 47.5 Å². The fourth-order valence-corrected chi connectivity index (χ4v) is 3.70. The highest BCUT2D eigenvalue weighted by Gasteiger charge is 2.35. The van der Waals surface area contributed by atoms with Crippen LogP contribution in [0.25, 0.3) is 0 Å². The van der Waals surface area contributed by atoms with Crippen LogP contribution in [0.5, 0.6) is 11.5 Å². The van der Waals surface area contributed by atoms with E-state index in [1.165, 1.54) is 0 Å². The lowest BCUT2D eigenvalue weighted by molar-refractivity contribution is 0.0886. The zero-order chi connectivity index (χ0) is 20.4. The summed E-state index contributed by atoms with van der Waals surface area (Å²) < 4.78 is 10.5. The van der Waals surface area contributed by atoms with E-state index >= 15 is 0 Å². The number of hydrogen-bond acceptors (Lipinski definition) is 4. The molecule has 0 fully saturated rings. The number of methoxy groups -OCH3 is 2. The van der Waals surface area contributed by atoms with E-state index in [4.69, 9.17) is 14.9 Å². The minimum atomic E-state index is -0.603. The van der Waals surface area contributed by atoms with Crippen LogP contribution in [0.2, 0.25) is 0 Å². The number of hydrogen-bond donors (Lipinski definition) is 1. The first kappa shape index (κ1) is 21.6. The molecule has 0 saturated carbocycles. The summed E-state index contributed by atoms with van der Waals surface area (Å²) in [5.41, 5.74) is 3.33. The molecule has 0 aromatic heterocycles. The summed E-state index contributed by atoms with van der Waals surface area (Å²) in [6.45, 7) is 0.521. The number of Topliss-reactive ketones (excluding diaryl/α,β-unsaturated/α-hetero) is 1. The van der Waals surface area contributed by atoms with E-state index in [2.05, 4.69) is 0 Å². The average molecular weight is 467 g/mol. The van der Waals surface area contributed by atoms with E-state index in [0.717, 1.165) is 22.4 Å². The van der Waals surface area contributed by atoms with Crippen molar-refractivity contribution in [2.24, 2.45) is 0 Å². The maximum absolute atomic E-state index is 13.6. The summed E-state index contributed by atoms with van der Waals surface area (Å²) in [5, 5.41) is 8.69. The van der Waals surface area contributed by atoms with Crippen LogP contribution in [0.15, 0.2) is 72.8 Å². The second-order valence-electron chi connectivity index (χ2n) is 6.90. The van der Waals surface area contributed by atoms with Gasteiger partial charge in [0.2, 0.25) is 0 Å². The number of nitrogens with zero attached hydrogens (tertiary/aromatic N) is 1. The largest absolute Gasteiger partial charge is 0.497 e. The smallest absolute Gasteiger partial charge is 0.189 e. The zero-order valence-corrected chi connectivity index (χ0v) is 18.5. The lowest BCUT2D eigenvalue weighted by atomic mass is 9.95. The van der Waals surface area contributed by atoms with Gasteiger partial charge < -0.3 is 14.4 Å². The Bertz CT molecular complexity index is 1050. The number of halogens is 1. The van der Waals surface area contributed by atoms with Gasteiger partial charge in [0.05, 0.1) is 14.2 Å². The van der Waals surface area contributed by atoms with Crippen LogP contribution in [-0.4, -0.2) is 30.7 Å². The molecule has 30 heavy (non-hydrogen) atoms. The average Bonchev–Trinajstić information content (AvgIpc) is 3.11. The molecule has 3 aromatic carbocycles. The van der Waals surface area contributed by atoms with Crippen LogP contribution in [0, 0.1) is 5.41 Å². The quantitative estimate of drug-likeness (QED) is 0.516. The molecule has 6 heteroatoms. The summed E-state index contributed by atoms with van der Waals surface area (Å²) in [6, 6.07) is 21.8. The number of benzene rings is 3. The van der Waals surface area contributed by atoms with Crippen molar-refractivity contribution in [2.75, 3.05) is 14.2 Å². The summed E-state index contributed by atoms with van der Waals surface area (Å²) in [5.74, 6) is 1.73. The highest BCUT2D eigenvalue weighted by molar-refractivity contribution is 8.93. The molecule has 1 atom stereocenters. The summed E-state index contributed by atoms with van der Waals surface area (Å²) in [7, 11) is 3.21. The molecule has 1 N–H and O–H groups in total. The monoisotopic (exact) mass is 466 g/mol. The standard InChI is InChI=1S/C24H22N2O3.BrH/c1-28-19-11-7-16(8-12-19)22(23(27)17-9-13-20(29-2)14-10-17)26-15-18-5-3-4-6-21(18)24(26)25;/h3-14,22,25H,15H2,1-2H3;1H. The molecule has 1 heterocycles. The van der Waals surface area contributed by atoms with Crippen LogP contribution in [0.4, 0.5) is 0 Å². The van der Waals surface area contributed by atoms with Crippen molar-refractivity contribution in [2.45, 2.75) is 12.6 Å². The third kappa shape index (κ3) is 3.96. The van der Waals surface area contributed by atoms with Gasteiger partial charge in [-0.3, -0.25) is 10.2 Å². The Morgan fingerprint density at radius 1 is 0.900 bits per heavy atom. The van der Waals surface area contributed by atoms with E-state index in [1.807, 2.05) is 53.4 Å². The summed E-state index contributed by atoms with van der Waals surface area (Å²) >= 11 is 0. The maximum atomic E-state index is 13.6. The van der Waals surface area contributed by atoms with E-state index in [1.54, 1.807) is 38.5 Å². The van der Waals surface area contributed by atoms with Crippen molar-refractivity contribution in [1.29, 1.82) is 5.41 Å². The molecule has 0 radical (unpaired) electrons. The molecule has 0 saturated heterocycles. The molecule has 5 nitrogen and oxygen atoms in total. The molecule has 1 unspecified atom stereocenters. The molecule has 0 bridgehead atoms. The number of ether oxygens (including phenoxy) is 2. The van der Waals surface area contributed by atoms with Gasteiger partial charge in [0, 0.05) is 17.7 Å². The Balaban J connectivity index is 0.00000256. The number of fused-ring (bicyclic) bond motifs is 1. The molecule has 154 valence electrons. The zero-order valence-electron chi connectivity index (χ0n) is 16.8. The molecular formula is C24H23BrN2O3. The first-order valence-corrected chi connectivity index (χ1v) is 9.38. The first-order chi connectivity index (χ1) is 14.1. The summed E-state index contributed by atoms with van der Waals surface area (Å²) in [6.07, 6.45) is 0. The van der Waals surface area contributed by atoms with Crippen molar-refractivity contribution in [3.05, 3.63) is 95.1 Å². The minimum absolute atomic E-state index is 0. The van der Waals surface area contributed by atoms with Gasteiger partial charge >= 0.3 is 0 Å². The van der Waals surface area contributed by atoms with Crippen molar-refractivity contribution in [3.63, 3.8) is 0 Å². The number of carbonyl (C=O) groups is 1. The number of ketones is 1. The highest BCUT2D eigenvalue weighted by atomic mass is 79.9. The Hall–Kier alpha value is -3.12. The molecule has 0 amide bonds. The normalized spacial score (nSPS) is 13.3. The van der Waals surface area contributed by atoms with Crippen LogP contribution >= 0.6 is 17.0 Å². The van der Waals surface area contributed by atoms with Crippen molar-refractivity contribution in [1.82, 2.24) is 4.90 Å². The second-order valence-corrected chi connectivity index (χ2v) is 6.90. The predicted octanol–water partition coefficient (Wildman–Crippen LogP) is 5.05. The van der Waals surface area contributed by atoms with Gasteiger partial charge in [0.1, 0.15) is 23.4 Å². The fourth-order valence-electron chi connectivity index (χ4n) is 3.70. The predicted molar refractivity (Wildman–Crippen MR) is 122 cm³/mol. The van der Waals surface area contributed by atoms with Crippen LogP contribution in [0.1, 0.15) is 33.1 Å². The number of rotatable bonds is 6.